The van der Waals surface area contributed by atoms with Crippen LogP contribution in [-0.2, 0) is 4.74 Å². The number of nitrogens with one attached hydrogen (secondary N) is 1. The predicted molar refractivity (Wildman–Crippen MR) is 75.3 cm³/mol. The molecule has 2 rings (SSSR count). The van der Waals surface area contributed by atoms with Gasteiger partial charge in [-0.05, 0) is 38.4 Å². The van der Waals surface area contributed by atoms with E-state index < -0.39 is 0 Å². The summed E-state index contributed by atoms with van der Waals surface area (Å²) in [6.45, 7) is 8.81. The number of aromatic nitrogens is 1. The Labute approximate surface area is 115 Å². The first-order valence-corrected chi connectivity index (χ1v) is 7.13. The van der Waals surface area contributed by atoms with Gasteiger partial charge in [-0.2, -0.15) is 0 Å². The Kier molecular flexibility index (Phi) is 5.16. The zero-order valence-electron chi connectivity index (χ0n) is 12.1. The Morgan fingerprint density at radius 1 is 1.47 bits per heavy atom. The van der Waals surface area contributed by atoms with Gasteiger partial charge in [0.05, 0.1) is 18.9 Å². The standard InChI is InChI=1S/C15H24N2O2/c1-4-17-15(12-5-6-18-10-12)13-7-14(9-16-8-13)19-11(2)3/h7-9,11-12,15,17H,4-6,10H2,1-3H3. The molecule has 1 aromatic heterocycles. The van der Waals surface area contributed by atoms with E-state index in [0.717, 1.165) is 31.9 Å². The molecular formula is C15H24N2O2. The van der Waals surface area contributed by atoms with Crippen LogP contribution in [0.1, 0.15) is 38.8 Å². The van der Waals surface area contributed by atoms with E-state index in [9.17, 15) is 0 Å². The van der Waals surface area contributed by atoms with E-state index in [-0.39, 0.29) is 6.10 Å². The molecule has 1 aliphatic heterocycles. The molecule has 1 aliphatic rings. The van der Waals surface area contributed by atoms with Crippen LogP contribution >= 0.6 is 0 Å². The number of ether oxygens (including phenoxy) is 2. The molecule has 0 spiro atoms. The lowest BCUT2D eigenvalue weighted by Gasteiger charge is -2.24. The quantitative estimate of drug-likeness (QED) is 0.857. The molecule has 2 heterocycles. The Morgan fingerprint density at radius 2 is 2.32 bits per heavy atom. The van der Waals surface area contributed by atoms with E-state index in [2.05, 4.69) is 23.3 Å². The third-order valence-electron chi connectivity index (χ3n) is 3.33. The van der Waals surface area contributed by atoms with Gasteiger partial charge in [0.2, 0.25) is 0 Å². The molecule has 0 aromatic carbocycles. The molecule has 1 saturated heterocycles. The van der Waals surface area contributed by atoms with E-state index in [1.165, 1.54) is 5.56 Å². The molecule has 0 saturated carbocycles. The topological polar surface area (TPSA) is 43.4 Å². The largest absolute Gasteiger partial charge is 0.489 e. The van der Waals surface area contributed by atoms with Crippen LogP contribution in [0.4, 0.5) is 0 Å². The van der Waals surface area contributed by atoms with Crippen molar-refractivity contribution in [1.82, 2.24) is 10.3 Å². The molecule has 4 nitrogen and oxygen atoms in total. The second-order valence-electron chi connectivity index (χ2n) is 5.28. The highest BCUT2D eigenvalue weighted by molar-refractivity contribution is 5.27. The molecule has 2 atom stereocenters. The Hall–Kier alpha value is -1.13. The second kappa shape index (κ2) is 6.87. The highest BCUT2D eigenvalue weighted by Crippen LogP contribution is 2.30. The lowest BCUT2D eigenvalue weighted by molar-refractivity contribution is 0.176. The first-order chi connectivity index (χ1) is 9.20. The maximum Gasteiger partial charge on any atom is 0.138 e. The summed E-state index contributed by atoms with van der Waals surface area (Å²) in [5.74, 6) is 1.37. The molecule has 0 amide bonds. The first kappa shape index (κ1) is 14.3. The van der Waals surface area contributed by atoms with Crippen molar-refractivity contribution in [1.29, 1.82) is 0 Å². The SMILES string of the molecule is CCNC(c1cncc(OC(C)C)c1)C1CCOC1. The van der Waals surface area contributed by atoms with Gasteiger partial charge in [0.15, 0.2) is 0 Å². The summed E-state index contributed by atoms with van der Waals surface area (Å²) in [7, 11) is 0. The minimum atomic E-state index is 0.171. The Morgan fingerprint density at radius 3 is 2.95 bits per heavy atom. The van der Waals surface area contributed by atoms with Crippen LogP contribution in [0.5, 0.6) is 5.75 Å². The lowest BCUT2D eigenvalue weighted by Crippen LogP contribution is -2.28. The molecule has 0 bridgehead atoms. The molecule has 4 heteroatoms. The average molecular weight is 264 g/mol. The van der Waals surface area contributed by atoms with Gasteiger partial charge in [-0.25, -0.2) is 0 Å². The van der Waals surface area contributed by atoms with Crippen LogP contribution in [0.15, 0.2) is 18.5 Å². The van der Waals surface area contributed by atoms with Crippen LogP contribution in [0.3, 0.4) is 0 Å². The van der Waals surface area contributed by atoms with Crippen LogP contribution in [-0.4, -0.2) is 30.8 Å². The van der Waals surface area contributed by atoms with E-state index in [4.69, 9.17) is 9.47 Å². The van der Waals surface area contributed by atoms with E-state index in [1.807, 2.05) is 20.0 Å². The van der Waals surface area contributed by atoms with Crippen molar-refractivity contribution < 1.29 is 9.47 Å². The number of hydrogen-bond donors (Lipinski definition) is 1. The Balaban J connectivity index is 2.15. The lowest BCUT2D eigenvalue weighted by atomic mass is 9.93. The summed E-state index contributed by atoms with van der Waals surface area (Å²) < 4.78 is 11.2. The zero-order valence-corrected chi connectivity index (χ0v) is 12.1. The second-order valence-corrected chi connectivity index (χ2v) is 5.28. The zero-order chi connectivity index (χ0) is 13.7. The summed E-state index contributed by atoms with van der Waals surface area (Å²) in [6.07, 6.45) is 4.98. The molecule has 2 unspecified atom stereocenters. The molecule has 19 heavy (non-hydrogen) atoms. The van der Waals surface area contributed by atoms with Gasteiger partial charge in [-0.1, -0.05) is 6.92 Å². The molecule has 1 N–H and O–H groups in total. The fourth-order valence-electron chi connectivity index (χ4n) is 2.53. The fraction of sp³-hybridized carbons (Fsp3) is 0.667. The van der Waals surface area contributed by atoms with Crippen molar-refractivity contribution in [2.45, 2.75) is 39.3 Å². The fourth-order valence-corrected chi connectivity index (χ4v) is 2.53. The number of pyridine rings is 1. The molecular weight excluding hydrogens is 240 g/mol. The van der Waals surface area contributed by atoms with Crippen molar-refractivity contribution in [2.24, 2.45) is 5.92 Å². The number of hydrogen-bond acceptors (Lipinski definition) is 4. The smallest absolute Gasteiger partial charge is 0.138 e. The number of rotatable bonds is 6. The summed E-state index contributed by atoms with van der Waals surface area (Å²) in [5.41, 5.74) is 1.19. The normalized spacial score (nSPS) is 20.7. The van der Waals surface area contributed by atoms with Gasteiger partial charge < -0.3 is 14.8 Å². The third-order valence-corrected chi connectivity index (χ3v) is 3.33. The van der Waals surface area contributed by atoms with Crippen molar-refractivity contribution in [3.8, 4) is 5.75 Å². The molecule has 1 aromatic rings. The van der Waals surface area contributed by atoms with Gasteiger partial charge >= 0.3 is 0 Å². The van der Waals surface area contributed by atoms with Gasteiger partial charge in [0.1, 0.15) is 5.75 Å². The van der Waals surface area contributed by atoms with Crippen molar-refractivity contribution in [3.63, 3.8) is 0 Å². The van der Waals surface area contributed by atoms with Crippen LogP contribution in [0.2, 0.25) is 0 Å². The molecule has 106 valence electrons. The van der Waals surface area contributed by atoms with Crippen LogP contribution in [0, 0.1) is 5.92 Å². The molecule has 1 fully saturated rings. The van der Waals surface area contributed by atoms with Crippen molar-refractivity contribution in [3.05, 3.63) is 24.0 Å². The summed E-state index contributed by atoms with van der Waals surface area (Å²) in [4.78, 5) is 4.31. The van der Waals surface area contributed by atoms with Gasteiger partial charge in [0.25, 0.3) is 0 Å². The van der Waals surface area contributed by atoms with E-state index in [0.29, 0.717) is 12.0 Å². The van der Waals surface area contributed by atoms with Gasteiger partial charge in [-0.15, -0.1) is 0 Å². The van der Waals surface area contributed by atoms with Gasteiger partial charge in [0, 0.05) is 24.8 Å². The van der Waals surface area contributed by atoms with Crippen LogP contribution in [0.25, 0.3) is 0 Å². The molecule has 0 radical (unpaired) electrons. The van der Waals surface area contributed by atoms with Crippen molar-refractivity contribution >= 4 is 0 Å². The summed E-state index contributed by atoms with van der Waals surface area (Å²) in [6, 6.07) is 2.40. The van der Waals surface area contributed by atoms with E-state index >= 15 is 0 Å². The summed E-state index contributed by atoms with van der Waals surface area (Å²) >= 11 is 0. The van der Waals surface area contributed by atoms with Gasteiger partial charge in [-0.3, -0.25) is 4.98 Å². The summed E-state index contributed by atoms with van der Waals surface area (Å²) in [5, 5.41) is 3.55. The first-order valence-electron chi connectivity index (χ1n) is 7.13. The maximum absolute atomic E-state index is 5.72. The molecule has 0 aliphatic carbocycles. The maximum atomic E-state index is 5.72. The van der Waals surface area contributed by atoms with E-state index in [1.54, 1.807) is 6.20 Å². The van der Waals surface area contributed by atoms with Crippen molar-refractivity contribution in [2.75, 3.05) is 19.8 Å². The predicted octanol–water partition coefficient (Wildman–Crippen LogP) is 2.56. The minimum absolute atomic E-state index is 0.171. The minimum Gasteiger partial charge on any atom is -0.489 e. The Bertz CT molecular complexity index is 389. The third kappa shape index (κ3) is 3.91. The number of nitrogens with zero attached hydrogens (tertiary/aromatic N) is 1. The highest BCUT2D eigenvalue weighted by atomic mass is 16.5. The average Bonchev–Trinajstić information content (AvgIpc) is 2.89. The highest BCUT2D eigenvalue weighted by Gasteiger charge is 2.26. The van der Waals surface area contributed by atoms with Crippen LogP contribution < -0.4 is 10.1 Å². The monoisotopic (exact) mass is 264 g/mol.